The number of carbonyl (C=O) groups is 2. The molecule has 1 heterocycles. The molecule has 1 unspecified atom stereocenters. The van der Waals surface area contributed by atoms with E-state index in [1.807, 2.05) is 56.4 Å². The summed E-state index contributed by atoms with van der Waals surface area (Å²) >= 11 is 0. The van der Waals surface area contributed by atoms with Crippen LogP contribution in [0.5, 0.6) is 0 Å². The molecule has 0 radical (unpaired) electrons. The van der Waals surface area contributed by atoms with Gasteiger partial charge in [-0.25, -0.2) is 4.79 Å². The normalized spacial score (nSPS) is 12.0. The summed E-state index contributed by atoms with van der Waals surface area (Å²) in [6, 6.07) is 12.7. The van der Waals surface area contributed by atoms with Crippen LogP contribution in [0.2, 0.25) is 0 Å². The summed E-state index contributed by atoms with van der Waals surface area (Å²) in [5, 5.41) is 3.85. The standard InChI is InChI=1S/C21H22N2O3/c1-13-8-9-16(14(2)10-13)20(24)23-19(21(25)26-3)11-15-12-22-18-7-5-4-6-17(15)18/h4-10,12,19,22H,11H2,1-3H3,(H,23,24). The predicted octanol–water partition coefficient (Wildman–Crippen LogP) is 3.30. The van der Waals surface area contributed by atoms with Crippen LogP contribution < -0.4 is 5.32 Å². The summed E-state index contributed by atoms with van der Waals surface area (Å²) in [7, 11) is 1.33. The number of para-hydroxylation sites is 1. The predicted molar refractivity (Wildman–Crippen MR) is 101 cm³/mol. The number of hydrogen-bond donors (Lipinski definition) is 2. The lowest BCUT2D eigenvalue weighted by Gasteiger charge is -2.17. The molecular formula is C21H22N2O3. The van der Waals surface area contributed by atoms with Crippen molar-refractivity contribution < 1.29 is 14.3 Å². The number of esters is 1. The first-order valence-electron chi connectivity index (χ1n) is 8.50. The van der Waals surface area contributed by atoms with E-state index in [4.69, 9.17) is 4.74 Å². The fraction of sp³-hybridized carbons (Fsp3) is 0.238. The van der Waals surface area contributed by atoms with Gasteiger partial charge in [-0.2, -0.15) is 0 Å². The zero-order valence-corrected chi connectivity index (χ0v) is 15.1. The summed E-state index contributed by atoms with van der Waals surface area (Å²) in [4.78, 5) is 28.1. The number of aromatic nitrogens is 1. The van der Waals surface area contributed by atoms with Gasteiger partial charge in [-0.15, -0.1) is 0 Å². The van der Waals surface area contributed by atoms with E-state index >= 15 is 0 Å². The first-order chi connectivity index (χ1) is 12.5. The Bertz CT molecular complexity index is 959. The third-order valence-electron chi connectivity index (χ3n) is 4.52. The SMILES string of the molecule is COC(=O)C(Cc1c[nH]c2ccccc12)NC(=O)c1ccc(C)cc1C. The van der Waals surface area contributed by atoms with Gasteiger partial charge in [-0.1, -0.05) is 35.9 Å². The number of benzene rings is 2. The van der Waals surface area contributed by atoms with E-state index in [0.29, 0.717) is 12.0 Å². The molecule has 1 aromatic heterocycles. The number of hydrogen-bond acceptors (Lipinski definition) is 3. The molecule has 5 heteroatoms. The molecule has 0 aliphatic heterocycles. The van der Waals surface area contributed by atoms with Crippen LogP contribution in [0.3, 0.4) is 0 Å². The maximum absolute atomic E-state index is 12.7. The third kappa shape index (κ3) is 3.61. The molecule has 0 aliphatic carbocycles. The lowest BCUT2D eigenvalue weighted by atomic mass is 10.0. The quantitative estimate of drug-likeness (QED) is 0.694. The number of H-pyrrole nitrogens is 1. The van der Waals surface area contributed by atoms with Crippen LogP contribution in [0.15, 0.2) is 48.7 Å². The van der Waals surface area contributed by atoms with Crippen LogP contribution >= 0.6 is 0 Å². The summed E-state index contributed by atoms with van der Waals surface area (Å²) in [6.45, 7) is 3.86. The molecule has 1 amide bonds. The Morgan fingerprint density at radius 2 is 1.92 bits per heavy atom. The van der Waals surface area contributed by atoms with Crippen LogP contribution in [-0.2, 0) is 16.0 Å². The van der Waals surface area contributed by atoms with Gasteiger partial charge in [0.1, 0.15) is 6.04 Å². The zero-order valence-electron chi connectivity index (χ0n) is 15.1. The van der Waals surface area contributed by atoms with Crippen molar-refractivity contribution in [3.8, 4) is 0 Å². The van der Waals surface area contributed by atoms with Crippen molar-refractivity contribution in [3.63, 3.8) is 0 Å². The number of rotatable bonds is 5. The smallest absolute Gasteiger partial charge is 0.328 e. The van der Waals surface area contributed by atoms with Gasteiger partial charge in [-0.3, -0.25) is 4.79 Å². The Kier molecular flexibility index (Phi) is 5.07. The van der Waals surface area contributed by atoms with Gasteiger partial charge in [0.05, 0.1) is 7.11 Å². The maximum Gasteiger partial charge on any atom is 0.328 e. The highest BCUT2D eigenvalue weighted by Gasteiger charge is 2.24. The summed E-state index contributed by atoms with van der Waals surface area (Å²) < 4.78 is 4.90. The Labute approximate surface area is 152 Å². The van der Waals surface area contributed by atoms with Crippen LogP contribution in [0.25, 0.3) is 10.9 Å². The Morgan fingerprint density at radius 1 is 1.15 bits per heavy atom. The van der Waals surface area contributed by atoms with E-state index in [1.165, 1.54) is 7.11 Å². The molecule has 26 heavy (non-hydrogen) atoms. The van der Waals surface area contributed by atoms with E-state index in [-0.39, 0.29) is 5.91 Å². The molecule has 0 saturated heterocycles. The minimum Gasteiger partial charge on any atom is -0.467 e. The van der Waals surface area contributed by atoms with Gasteiger partial charge in [0.15, 0.2) is 0 Å². The number of fused-ring (bicyclic) bond motifs is 1. The molecule has 0 spiro atoms. The average Bonchev–Trinajstić information content (AvgIpc) is 3.03. The maximum atomic E-state index is 12.7. The average molecular weight is 350 g/mol. The first-order valence-corrected chi connectivity index (χ1v) is 8.50. The lowest BCUT2D eigenvalue weighted by Crippen LogP contribution is -2.43. The van der Waals surface area contributed by atoms with Crippen LogP contribution in [-0.4, -0.2) is 30.0 Å². The Balaban J connectivity index is 1.84. The summed E-state index contributed by atoms with van der Waals surface area (Å²) in [5.41, 5.74) is 4.47. The second-order valence-corrected chi connectivity index (χ2v) is 6.43. The summed E-state index contributed by atoms with van der Waals surface area (Å²) in [6.07, 6.45) is 2.22. The number of ether oxygens (including phenoxy) is 1. The molecule has 0 saturated carbocycles. The highest BCUT2D eigenvalue weighted by atomic mass is 16.5. The second kappa shape index (κ2) is 7.44. The number of aryl methyl sites for hydroxylation is 2. The van der Waals surface area contributed by atoms with Crippen molar-refractivity contribution in [2.24, 2.45) is 0 Å². The first kappa shape index (κ1) is 17.7. The monoisotopic (exact) mass is 350 g/mol. The fourth-order valence-electron chi connectivity index (χ4n) is 3.16. The number of nitrogens with one attached hydrogen (secondary N) is 2. The molecule has 2 N–H and O–H groups in total. The number of carbonyl (C=O) groups excluding carboxylic acids is 2. The molecule has 5 nitrogen and oxygen atoms in total. The second-order valence-electron chi connectivity index (χ2n) is 6.43. The van der Waals surface area contributed by atoms with Crippen molar-refractivity contribution in [1.82, 2.24) is 10.3 Å². The van der Waals surface area contributed by atoms with E-state index in [0.717, 1.165) is 27.6 Å². The number of aromatic amines is 1. The van der Waals surface area contributed by atoms with Crippen LogP contribution in [0.4, 0.5) is 0 Å². The fourth-order valence-corrected chi connectivity index (χ4v) is 3.16. The van der Waals surface area contributed by atoms with Gasteiger partial charge in [-0.05, 0) is 37.1 Å². The van der Waals surface area contributed by atoms with Gasteiger partial charge >= 0.3 is 5.97 Å². The van der Waals surface area contributed by atoms with Crippen LogP contribution in [0, 0.1) is 13.8 Å². The number of amides is 1. The molecule has 0 aliphatic rings. The van der Waals surface area contributed by atoms with Gasteiger partial charge in [0.25, 0.3) is 5.91 Å². The van der Waals surface area contributed by atoms with Crippen molar-refractivity contribution in [1.29, 1.82) is 0 Å². The van der Waals surface area contributed by atoms with E-state index in [2.05, 4.69) is 10.3 Å². The van der Waals surface area contributed by atoms with Crippen molar-refractivity contribution in [3.05, 3.63) is 70.9 Å². The van der Waals surface area contributed by atoms with Gasteiger partial charge in [0.2, 0.25) is 0 Å². The molecule has 3 rings (SSSR count). The molecule has 0 bridgehead atoms. The number of methoxy groups -OCH3 is 1. The largest absolute Gasteiger partial charge is 0.467 e. The van der Waals surface area contributed by atoms with E-state index in [9.17, 15) is 9.59 Å². The Morgan fingerprint density at radius 3 is 2.65 bits per heavy atom. The zero-order chi connectivity index (χ0) is 18.7. The highest BCUT2D eigenvalue weighted by molar-refractivity contribution is 5.98. The van der Waals surface area contributed by atoms with E-state index < -0.39 is 12.0 Å². The van der Waals surface area contributed by atoms with Crippen molar-refractivity contribution >= 4 is 22.8 Å². The molecule has 0 fully saturated rings. The summed E-state index contributed by atoms with van der Waals surface area (Å²) in [5.74, 6) is -0.744. The highest BCUT2D eigenvalue weighted by Crippen LogP contribution is 2.20. The van der Waals surface area contributed by atoms with Crippen molar-refractivity contribution in [2.75, 3.05) is 7.11 Å². The molecule has 1 atom stereocenters. The lowest BCUT2D eigenvalue weighted by molar-refractivity contribution is -0.142. The van der Waals surface area contributed by atoms with Gasteiger partial charge < -0.3 is 15.0 Å². The Hall–Kier alpha value is -3.08. The minimum atomic E-state index is -0.757. The van der Waals surface area contributed by atoms with E-state index in [1.54, 1.807) is 6.07 Å². The molecule has 2 aromatic carbocycles. The minimum absolute atomic E-state index is 0.280. The van der Waals surface area contributed by atoms with Crippen molar-refractivity contribution in [2.45, 2.75) is 26.3 Å². The third-order valence-corrected chi connectivity index (χ3v) is 4.52. The van der Waals surface area contributed by atoms with Gasteiger partial charge in [0, 0.05) is 29.1 Å². The molecule has 134 valence electrons. The van der Waals surface area contributed by atoms with Crippen LogP contribution in [0.1, 0.15) is 27.0 Å². The topological polar surface area (TPSA) is 71.2 Å². The molecule has 3 aromatic rings. The molecular weight excluding hydrogens is 328 g/mol.